The molecule has 2 N–H and O–H groups in total. The molecule has 0 saturated heterocycles. The summed E-state index contributed by atoms with van der Waals surface area (Å²) in [4.78, 5) is 16.3. The van der Waals surface area contributed by atoms with Crippen molar-refractivity contribution < 1.29 is 4.79 Å². The van der Waals surface area contributed by atoms with Gasteiger partial charge in [0.25, 0.3) is 5.91 Å². The molecule has 0 saturated carbocycles. The number of nitrogens with one attached hydrogen (secondary N) is 2. The van der Waals surface area contributed by atoms with Crippen LogP contribution in [0.25, 0.3) is 0 Å². The Morgan fingerprint density at radius 3 is 2.90 bits per heavy atom. The Labute approximate surface area is 133 Å². The Kier molecular flexibility index (Phi) is 5.75. The van der Waals surface area contributed by atoms with Gasteiger partial charge in [-0.2, -0.15) is 0 Å². The number of carbonyl (C=O) groups excluding carboxylic acids is 1. The van der Waals surface area contributed by atoms with E-state index in [4.69, 9.17) is 0 Å². The summed E-state index contributed by atoms with van der Waals surface area (Å²) in [5.41, 5.74) is 1.66. The standard InChI is InChI=1S/C16H18BrN3O/c1-2-7-18-15-10-13(6-8-19-15)16(21)20-11-12-4-3-5-14(17)9-12/h3-6,8-10H,2,7,11H2,1H3,(H,18,19)(H,20,21). The van der Waals surface area contributed by atoms with Crippen molar-refractivity contribution in [3.8, 4) is 0 Å². The summed E-state index contributed by atoms with van der Waals surface area (Å²) in [6, 6.07) is 11.4. The first-order valence-electron chi connectivity index (χ1n) is 6.91. The van der Waals surface area contributed by atoms with Crippen molar-refractivity contribution in [1.82, 2.24) is 10.3 Å². The van der Waals surface area contributed by atoms with Crippen LogP contribution in [0.2, 0.25) is 0 Å². The number of aromatic nitrogens is 1. The summed E-state index contributed by atoms with van der Waals surface area (Å²) in [7, 11) is 0. The summed E-state index contributed by atoms with van der Waals surface area (Å²) in [6.45, 7) is 3.43. The second-order valence-electron chi connectivity index (χ2n) is 4.67. The number of anilines is 1. The Balaban J connectivity index is 1.96. The summed E-state index contributed by atoms with van der Waals surface area (Å²) < 4.78 is 1.00. The third-order valence-electron chi connectivity index (χ3n) is 2.92. The average molecular weight is 348 g/mol. The molecular weight excluding hydrogens is 330 g/mol. The van der Waals surface area contributed by atoms with Gasteiger partial charge in [0.2, 0.25) is 0 Å². The lowest BCUT2D eigenvalue weighted by molar-refractivity contribution is 0.0951. The fraction of sp³-hybridized carbons (Fsp3) is 0.250. The Morgan fingerprint density at radius 2 is 2.14 bits per heavy atom. The lowest BCUT2D eigenvalue weighted by atomic mass is 10.2. The first-order chi connectivity index (χ1) is 10.2. The molecule has 4 nitrogen and oxygen atoms in total. The van der Waals surface area contributed by atoms with E-state index in [1.165, 1.54) is 0 Å². The Bertz CT molecular complexity index is 616. The molecule has 1 amide bonds. The maximum absolute atomic E-state index is 12.2. The molecule has 1 aromatic carbocycles. The van der Waals surface area contributed by atoms with E-state index in [1.807, 2.05) is 24.3 Å². The molecule has 1 aromatic heterocycles. The van der Waals surface area contributed by atoms with Crippen LogP contribution < -0.4 is 10.6 Å². The SMILES string of the molecule is CCCNc1cc(C(=O)NCc2cccc(Br)c2)ccn1. The van der Waals surface area contributed by atoms with Gasteiger partial charge in [-0.1, -0.05) is 35.0 Å². The van der Waals surface area contributed by atoms with Gasteiger partial charge in [-0.05, 0) is 36.2 Å². The highest BCUT2D eigenvalue weighted by Crippen LogP contribution is 2.12. The van der Waals surface area contributed by atoms with Crippen molar-refractivity contribution in [3.63, 3.8) is 0 Å². The molecule has 2 rings (SSSR count). The van der Waals surface area contributed by atoms with Crippen molar-refractivity contribution in [2.45, 2.75) is 19.9 Å². The van der Waals surface area contributed by atoms with Crippen LogP contribution in [0.5, 0.6) is 0 Å². The zero-order valence-corrected chi connectivity index (χ0v) is 13.5. The highest BCUT2D eigenvalue weighted by atomic mass is 79.9. The zero-order valence-electron chi connectivity index (χ0n) is 11.9. The number of pyridine rings is 1. The minimum Gasteiger partial charge on any atom is -0.370 e. The van der Waals surface area contributed by atoms with Gasteiger partial charge in [0.1, 0.15) is 5.82 Å². The number of benzene rings is 1. The van der Waals surface area contributed by atoms with Gasteiger partial charge in [0.05, 0.1) is 0 Å². The van der Waals surface area contributed by atoms with Gasteiger partial charge in [-0.15, -0.1) is 0 Å². The predicted octanol–water partition coefficient (Wildman–Crippen LogP) is 3.60. The van der Waals surface area contributed by atoms with Gasteiger partial charge < -0.3 is 10.6 Å². The van der Waals surface area contributed by atoms with Gasteiger partial charge in [-0.3, -0.25) is 4.79 Å². The second kappa shape index (κ2) is 7.78. The number of hydrogen-bond donors (Lipinski definition) is 2. The topological polar surface area (TPSA) is 54.0 Å². The molecule has 1 heterocycles. The lowest BCUT2D eigenvalue weighted by Gasteiger charge is -2.08. The van der Waals surface area contributed by atoms with E-state index in [9.17, 15) is 4.79 Å². The van der Waals surface area contributed by atoms with Crippen molar-refractivity contribution in [2.75, 3.05) is 11.9 Å². The molecule has 0 aliphatic rings. The number of nitrogens with zero attached hydrogens (tertiary/aromatic N) is 1. The van der Waals surface area contributed by atoms with E-state index in [-0.39, 0.29) is 5.91 Å². The minimum atomic E-state index is -0.100. The molecule has 0 atom stereocenters. The molecule has 110 valence electrons. The predicted molar refractivity (Wildman–Crippen MR) is 88.3 cm³/mol. The van der Waals surface area contributed by atoms with E-state index < -0.39 is 0 Å². The molecule has 0 radical (unpaired) electrons. The van der Waals surface area contributed by atoms with Crippen LogP contribution in [0, 0.1) is 0 Å². The van der Waals surface area contributed by atoms with Crippen LogP contribution in [0.3, 0.4) is 0 Å². The largest absolute Gasteiger partial charge is 0.370 e. The Morgan fingerprint density at radius 1 is 1.29 bits per heavy atom. The monoisotopic (exact) mass is 347 g/mol. The van der Waals surface area contributed by atoms with Crippen LogP contribution in [-0.4, -0.2) is 17.4 Å². The quantitative estimate of drug-likeness (QED) is 0.839. The summed E-state index contributed by atoms with van der Waals surface area (Å²) in [5.74, 6) is 0.629. The molecule has 2 aromatic rings. The number of carbonyl (C=O) groups is 1. The number of halogens is 1. The first-order valence-corrected chi connectivity index (χ1v) is 7.71. The van der Waals surface area contributed by atoms with Crippen molar-refractivity contribution in [1.29, 1.82) is 0 Å². The Hall–Kier alpha value is -1.88. The molecule has 21 heavy (non-hydrogen) atoms. The van der Waals surface area contributed by atoms with Crippen LogP contribution in [0.4, 0.5) is 5.82 Å². The third kappa shape index (κ3) is 4.86. The highest BCUT2D eigenvalue weighted by Gasteiger charge is 2.06. The summed E-state index contributed by atoms with van der Waals surface area (Å²) in [5, 5.41) is 6.08. The molecule has 0 aliphatic heterocycles. The molecule has 0 aliphatic carbocycles. The van der Waals surface area contributed by atoms with Crippen LogP contribution in [0.1, 0.15) is 29.3 Å². The van der Waals surface area contributed by atoms with E-state index in [2.05, 4.69) is 38.5 Å². The van der Waals surface area contributed by atoms with Gasteiger partial charge in [0.15, 0.2) is 0 Å². The minimum absolute atomic E-state index is 0.100. The van der Waals surface area contributed by atoms with E-state index >= 15 is 0 Å². The number of rotatable bonds is 6. The van der Waals surface area contributed by atoms with E-state index in [0.29, 0.717) is 12.1 Å². The summed E-state index contributed by atoms with van der Waals surface area (Å²) >= 11 is 3.42. The van der Waals surface area contributed by atoms with Gasteiger partial charge >= 0.3 is 0 Å². The van der Waals surface area contributed by atoms with Crippen molar-refractivity contribution >= 4 is 27.7 Å². The molecule has 0 spiro atoms. The first kappa shape index (κ1) is 15.5. The maximum Gasteiger partial charge on any atom is 0.251 e. The summed E-state index contributed by atoms with van der Waals surface area (Å²) in [6.07, 6.45) is 2.66. The van der Waals surface area contributed by atoms with Crippen LogP contribution in [0.15, 0.2) is 47.1 Å². The second-order valence-corrected chi connectivity index (χ2v) is 5.58. The van der Waals surface area contributed by atoms with Crippen molar-refractivity contribution in [2.24, 2.45) is 0 Å². The van der Waals surface area contributed by atoms with Crippen LogP contribution in [-0.2, 0) is 6.54 Å². The number of amides is 1. The molecule has 5 heteroatoms. The van der Waals surface area contributed by atoms with E-state index in [1.54, 1.807) is 18.3 Å². The van der Waals surface area contributed by atoms with Crippen molar-refractivity contribution in [3.05, 3.63) is 58.2 Å². The van der Waals surface area contributed by atoms with Gasteiger partial charge in [-0.25, -0.2) is 4.98 Å². The smallest absolute Gasteiger partial charge is 0.251 e. The fourth-order valence-electron chi connectivity index (χ4n) is 1.85. The lowest BCUT2D eigenvalue weighted by Crippen LogP contribution is -2.23. The maximum atomic E-state index is 12.2. The normalized spacial score (nSPS) is 10.2. The van der Waals surface area contributed by atoms with Gasteiger partial charge in [0, 0.05) is 29.3 Å². The molecule has 0 bridgehead atoms. The molecule has 0 unspecified atom stereocenters. The average Bonchev–Trinajstić information content (AvgIpc) is 2.51. The molecular formula is C16H18BrN3O. The molecule has 0 fully saturated rings. The zero-order chi connectivity index (χ0) is 15.1. The number of hydrogen-bond acceptors (Lipinski definition) is 3. The fourth-order valence-corrected chi connectivity index (χ4v) is 2.30. The van der Waals surface area contributed by atoms with Crippen LogP contribution >= 0.6 is 15.9 Å². The highest BCUT2D eigenvalue weighted by molar-refractivity contribution is 9.10. The third-order valence-corrected chi connectivity index (χ3v) is 3.41. The van der Waals surface area contributed by atoms with E-state index in [0.717, 1.165) is 28.8 Å².